The molecule has 0 aliphatic carbocycles. The normalized spacial score (nSPS) is 12.3. The van der Waals surface area contributed by atoms with E-state index in [4.69, 9.17) is 0 Å². The summed E-state index contributed by atoms with van der Waals surface area (Å²) in [5, 5.41) is 10.9. The van der Waals surface area contributed by atoms with Crippen molar-refractivity contribution in [2.45, 2.75) is 46.0 Å². The Bertz CT molecular complexity index is 550. The largest absolute Gasteiger partial charge is 0.293 e. The summed E-state index contributed by atoms with van der Waals surface area (Å²) in [4.78, 5) is 22.4. The second kappa shape index (κ2) is 5.82. The van der Waals surface area contributed by atoms with E-state index in [1.807, 2.05) is 27.7 Å². The van der Waals surface area contributed by atoms with Crippen molar-refractivity contribution < 1.29 is 9.72 Å². The zero-order chi connectivity index (χ0) is 14.9. The van der Waals surface area contributed by atoms with Crippen LogP contribution in [0.3, 0.4) is 0 Å². The zero-order valence-electron chi connectivity index (χ0n) is 11.8. The van der Waals surface area contributed by atoms with Crippen LogP contribution in [0.5, 0.6) is 0 Å². The smallest absolute Gasteiger partial charge is 0.229 e. The summed E-state index contributed by atoms with van der Waals surface area (Å²) < 4.78 is 0. The lowest BCUT2D eigenvalue weighted by molar-refractivity contribution is -0.496. The third kappa shape index (κ3) is 3.03. The van der Waals surface area contributed by atoms with Crippen molar-refractivity contribution in [2.24, 2.45) is 0 Å². The summed E-state index contributed by atoms with van der Waals surface area (Å²) in [5.74, 6) is -0.0967. The van der Waals surface area contributed by atoms with E-state index in [9.17, 15) is 14.9 Å². The summed E-state index contributed by atoms with van der Waals surface area (Å²) in [6.45, 7) is 9.01. The summed E-state index contributed by atoms with van der Waals surface area (Å²) in [6, 6.07) is 0. The van der Waals surface area contributed by atoms with E-state index < -0.39 is 0 Å². The van der Waals surface area contributed by atoms with Crippen molar-refractivity contribution >= 4 is 21.7 Å². The van der Waals surface area contributed by atoms with Crippen LogP contribution in [0, 0.1) is 37.8 Å². The fourth-order valence-corrected chi connectivity index (χ4v) is 2.48. The fourth-order valence-electron chi connectivity index (χ4n) is 2.25. The van der Waals surface area contributed by atoms with Gasteiger partial charge in [-0.1, -0.05) is 15.9 Å². The Morgan fingerprint density at radius 3 is 2.05 bits per heavy atom. The number of alkyl halides is 1. The van der Waals surface area contributed by atoms with Crippen LogP contribution in [-0.4, -0.2) is 15.5 Å². The van der Waals surface area contributed by atoms with Gasteiger partial charge in [-0.05, 0) is 56.9 Å². The Labute approximate surface area is 121 Å². The molecule has 1 unspecified atom stereocenters. The molecule has 0 aromatic heterocycles. The van der Waals surface area contributed by atoms with Gasteiger partial charge in [0.2, 0.25) is 6.54 Å². The number of ketones is 1. The second-order valence-corrected chi connectivity index (χ2v) is 6.20. The van der Waals surface area contributed by atoms with E-state index in [2.05, 4.69) is 15.9 Å². The number of hydrogen-bond donors (Lipinski definition) is 0. The lowest BCUT2D eigenvalue weighted by Gasteiger charge is -2.18. The third-order valence-electron chi connectivity index (χ3n) is 3.71. The predicted molar refractivity (Wildman–Crippen MR) is 78.8 cm³/mol. The Balaban J connectivity index is 3.66. The second-order valence-electron chi connectivity index (χ2n) is 4.82. The highest BCUT2D eigenvalue weighted by Gasteiger charge is 2.25. The average molecular weight is 328 g/mol. The van der Waals surface area contributed by atoms with Gasteiger partial charge in [-0.15, -0.1) is 0 Å². The summed E-state index contributed by atoms with van der Waals surface area (Å²) in [5.41, 5.74) is 4.78. The first-order valence-electron chi connectivity index (χ1n) is 6.07. The minimum atomic E-state index is -0.383. The molecule has 0 amide bonds. The van der Waals surface area contributed by atoms with Crippen molar-refractivity contribution in [2.75, 3.05) is 0 Å². The Morgan fingerprint density at radius 2 is 1.63 bits per heavy atom. The van der Waals surface area contributed by atoms with Gasteiger partial charge < -0.3 is 0 Å². The molecule has 0 N–H and O–H groups in total. The van der Waals surface area contributed by atoms with Crippen molar-refractivity contribution in [3.63, 3.8) is 0 Å². The van der Waals surface area contributed by atoms with Gasteiger partial charge in [-0.25, -0.2) is 0 Å². The van der Waals surface area contributed by atoms with E-state index in [-0.39, 0.29) is 22.1 Å². The maximum absolute atomic E-state index is 12.3. The molecular formula is C14H18BrNO3. The van der Waals surface area contributed by atoms with Gasteiger partial charge in [0.15, 0.2) is 5.78 Å². The number of Topliss-reactive ketones (excluding diaryl/α,β-unsaturated/α-hetero) is 1. The van der Waals surface area contributed by atoms with E-state index in [1.54, 1.807) is 6.92 Å². The monoisotopic (exact) mass is 327 g/mol. The van der Waals surface area contributed by atoms with Crippen LogP contribution in [0.25, 0.3) is 0 Å². The van der Waals surface area contributed by atoms with Gasteiger partial charge in [0.25, 0.3) is 0 Å². The fraction of sp³-hybridized carbons (Fsp3) is 0.500. The topological polar surface area (TPSA) is 60.2 Å². The molecular weight excluding hydrogens is 310 g/mol. The molecule has 0 saturated heterocycles. The van der Waals surface area contributed by atoms with Crippen LogP contribution in [-0.2, 0) is 6.54 Å². The van der Waals surface area contributed by atoms with Crippen molar-refractivity contribution in [3.8, 4) is 0 Å². The summed E-state index contributed by atoms with van der Waals surface area (Å²) >= 11 is 3.26. The highest BCUT2D eigenvalue weighted by atomic mass is 79.9. The number of halogens is 1. The molecule has 1 aromatic rings. The highest BCUT2D eigenvalue weighted by molar-refractivity contribution is 9.10. The maximum atomic E-state index is 12.3. The molecule has 19 heavy (non-hydrogen) atoms. The Morgan fingerprint density at radius 1 is 1.16 bits per heavy atom. The van der Waals surface area contributed by atoms with Gasteiger partial charge in [0.1, 0.15) is 0 Å². The minimum absolute atomic E-state index is 0.0967. The molecule has 0 aliphatic heterocycles. The number of nitro groups is 1. The first-order valence-corrected chi connectivity index (χ1v) is 6.99. The highest BCUT2D eigenvalue weighted by Crippen LogP contribution is 2.29. The van der Waals surface area contributed by atoms with E-state index in [0.29, 0.717) is 11.1 Å². The van der Waals surface area contributed by atoms with E-state index >= 15 is 0 Å². The van der Waals surface area contributed by atoms with E-state index in [0.717, 1.165) is 22.3 Å². The number of benzene rings is 1. The Kier molecular flexibility index (Phi) is 4.85. The molecule has 0 spiro atoms. The zero-order valence-corrected chi connectivity index (χ0v) is 13.4. The molecule has 5 heteroatoms. The van der Waals surface area contributed by atoms with Crippen LogP contribution in [0.1, 0.15) is 45.1 Å². The standard InChI is InChI=1S/C14H18BrNO3/c1-7-8(2)10(4)13(14(17)11(5)15)12(9(7)3)6-16(18)19/h11H,6H2,1-5H3. The number of carbonyl (C=O) groups excluding carboxylic acids is 1. The average Bonchev–Trinajstić information content (AvgIpc) is 2.32. The van der Waals surface area contributed by atoms with Crippen LogP contribution in [0.4, 0.5) is 0 Å². The van der Waals surface area contributed by atoms with E-state index in [1.165, 1.54) is 0 Å². The Hall–Kier alpha value is -1.23. The van der Waals surface area contributed by atoms with Crippen LogP contribution in [0.2, 0.25) is 0 Å². The molecule has 0 heterocycles. The number of rotatable bonds is 4. The molecule has 0 bridgehead atoms. The molecule has 104 valence electrons. The lowest BCUT2D eigenvalue weighted by atomic mass is 9.86. The molecule has 1 atom stereocenters. The van der Waals surface area contributed by atoms with Gasteiger partial charge in [0, 0.05) is 16.1 Å². The van der Waals surface area contributed by atoms with Gasteiger partial charge in [-0.3, -0.25) is 14.9 Å². The first kappa shape index (κ1) is 15.8. The van der Waals surface area contributed by atoms with Crippen LogP contribution >= 0.6 is 15.9 Å². The third-order valence-corrected chi connectivity index (χ3v) is 4.13. The molecule has 1 rings (SSSR count). The molecule has 0 aliphatic rings. The number of nitrogens with zero attached hydrogens (tertiary/aromatic N) is 1. The summed E-state index contributed by atoms with van der Waals surface area (Å²) in [7, 11) is 0. The summed E-state index contributed by atoms with van der Waals surface area (Å²) in [6.07, 6.45) is 0. The number of carbonyl (C=O) groups is 1. The SMILES string of the molecule is Cc1c(C)c(C)c(C(=O)C(C)Br)c(C[N+](=O)[O-])c1C. The predicted octanol–water partition coefficient (Wildman–Crippen LogP) is 3.66. The quantitative estimate of drug-likeness (QED) is 0.367. The lowest BCUT2D eigenvalue weighted by Crippen LogP contribution is -2.19. The molecule has 0 fully saturated rings. The molecule has 0 saturated carbocycles. The minimum Gasteiger partial charge on any atom is -0.293 e. The molecule has 1 aromatic carbocycles. The van der Waals surface area contributed by atoms with Gasteiger partial charge in [0.05, 0.1) is 4.83 Å². The van der Waals surface area contributed by atoms with Crippen molar-refractivity contribution in [3.05, 3.63) is 43.5 Å². The van der Waals surface area contributed by atoms with Crippen molar-refractivity contribution in [1.82, 2.24) is 0 Å². The number of hydrogen-bond acceptors (Lipinski definition) is 3. The molecule has 4 nitrogen and oxygen atoms in total. The maximum Gasteiger partial charge on any atom is 0.229 e. The van der Waals surface area contributed by atoms with Crippen molar-refractivity contribution in [1.29, 1.82) is 0 Å². The van der Waals surface area contributed by atoms with Crippen LogP contribution < -0.4 is 0 Å². The van der Waals surface area contributed by atoms with Crippen LogP contribution in [0.15, 0.2) is 0 Å². The molecule has 0 radical (unpaired) electrons. The van der Waals surface area contributed by atoms with Gasteiger partial charge >= 0.3 is 0 Å². The first-order chi connectivity index (χ1) is 8.68. The van der Waals surface area contributed by atoms with Gasteiger partial charge in [-0.2, -0.15) is 0 Å².